The van der Waals surface area contributed by atoms with Gasteiger partial charge in [-0.25, -0.2) is 8.42 Å². The van der Waals surface area contributed by atoms with Gasteiger partial charge in [0.2, 0.25) is 0 Å². The lowest BCUT2D eigenvalue weighted by Crippen LogP contribution is -2.49. The minimum absolute atomic E-state index is 0.117. The van der Waals surface area contributed by atoms with Crippen LogP contribution in [0.15, 0.2) is 47.6 Å². The molecule has 0 bridgehead atoms. The molecule has 0 radical (unpaired) electrons. The number of ether oxygens (including phenoxy) is 1. The average Bonchev–Trinajstić information content (AvgIpc) is 2.99. The van der Waals surface area contributed by atoms with Crippen molar-refractivity contribution in [1.82, 2.24) is 14.7 Å². The van der Waals surface area contributed by atoms with E-state index in [-0.39, 0.29) is 5.75 Å². The largest absolute Gasteiger partial charge is 0.497 e. The van der Waals surface area contributed by atoms with Crippen LogP contribution in [0.4, 0.5) is 0 Å². The average molecular weight is 321 g/mol. The number of likely N-dealkylation sites (tertiary alicyclic amines) is 1. The minimum Gasteiger partial charge on any atom is -0.497 e. The number of benzene rings is 1. The van der Waals surface area contributed by atoms with Crippen LogP contribution in [-0.2, 0) is 9.84 Å². The molecule has 6 nitrogen and oxygen atoms in total. The smallest absolute Gasteiger partial charge is 0.179 e. The Morgan fingerprint density at radius 1 is 1.32 bits per heavy atom. The van der Waals surface area contributed by atoms with Crippen LogP contribution in [0, 0.1) is 0 Å². The molecule has 1 aliphatic heterocycles. The van der Waals surface area contributed by atoms with E-state index in [1.165, 1.54) is 7.11 Å². The maximum absolute atomic E-state index is 12.4. The van der Waals surface area contributed by atoms with Crippen molar-refractivity contribution in [2.75, 3.05) is 32.5 Å². The minimum atomic E-state index is -3.28. The van der Waals surface area contributed by atoms with E-state index in [4.69, 9.17) is 4.74 Å². The van der Waals surface area contributed by atoms with Gasteiger partial charge in [-0.1, -0.05) is 6.07 Å². The molecular formula is C15H19N3O3S. The van der Waals surface area contributed by atoms with Crippen LogP contribution < -0.4 is 4.74 Å². The Bertz CT molecular complexity index is 722. The summed E-state index contributed by atoms with van der Waals surface area (Å²) in [5, 5.41) is 4.21. The maximum Gasteiger partial charge on any atom is 0.179 e. The molecule has 1 aromatic carbocycles. The molecule has 1 aromatic heterocycles. The van der Waals surface area contributed by atoms with E-state index in [9.17, 15) is 8.42 Å². The Morgan fingerprint density at radius 3 is 2.82 bits per heavy atom. The zero-order valence-corrected chi connectivity index (χ0v) is 13.2. The second-order valence-electron chi connectivity index (χ2n) is 5.40. The van der Waals surface area contributed by atoms with Gasteiger partial charge in [0, 0.05) is 32.0 Å². The highest BCUT2D eigenvalue weighted by molar-refractivity contribution is 7.91. The summed E-state index contributed by atoms with van der Waals surface area (Å²) in [6.07, 6.45) is 3.70. The topological polar surface area (TPSA) is 64.4 Å². The van der Waals surface area contributed by atoms with Crippen LogP contribution >= 0.6 is 0 Å². The highest BCUT2D eigenvalue weighted by atomic mass is 32.2. The summed E-state index contributed by atoms with van der Waals surface area (Å²) in [6, 6.07) is 8.87. The van der Waals surface area contributed by atoms with E-state index < -0.39 is 9.84 Å². The molecule has 22 heavy (non-hydrogen) atoms. The number of hydrogen-bond acceptors (Lipinski definition) is 5. The Labute approximate surface area is 130 Å². The van der Waals surface area contributed by atoms with Gasteiger partial charge < -0.3 is 4.74 Å². The molecule has 3 rings (SSSR count). The first kappa shape index (κ1) is 15.1. The second kappa shape index (κ2) is 6.10. The molecule has 2 heterocycles. The molecular weight excluding hydrogens is 302 g/mol. The molecule has 2 aromatic rings. The monoisotopic (exact) mass is 321 g/mol. The summed E-state index contributed by atoms with van der Waals surface area (Å²) in [5.74, 6) is 0.676. The van der Waals surface area contributed by atoms with Crippen LogP contribution in [0.2, 0.25) is 0 Å². The van der Waals surface area contributed by atoms with E-state index in [1.807, 2.05) is 16.9 Å². The van der Waals surface area contributed by atoms with E-state index in [1.54, 1.807) is 30.5 Å². The summed E-state index contributed by atoms with van der Waals surface area (Å²) in [6.45, 7) is 2.22. The number of methoxy groups -OCH3 is 1. The van der Waals surface area contributed by atoms with Gasteiger partial charge in [0.1, 0.15) is 5.75 Å². The van der Waals surface area contributed by atoms with Gasteiger partial charge in [0.15, 0.2) is 9.84 Å². The number of nitrogens with zero attached hydrogens (tertiary/aromatic N) is 3. The van der Waals surface area contributed by atoms with Crippen molar-refractivity contribution in [1.29, 1.82) is 0 Å². The lowest BCUT2D eigenvalue weighted by atomic mass is 10.1. The molecule has 1 aliphatic rings. The van der Waals surface area contributed by atoms with E-state index in [0.29, 0.717) is 23.2 Å². The summed E-state index contributed by atoms with van der Waals surface area (Å²) < 4.78 is 31.7. The zero-order valence-electron chi connectivity index (χ0n) is 12.4. The van der Waals surface area contributed by atoms with Gasteiger partial charge in [-0.3, -0.25) is 9.58 Å². The van der Waals surface area contributed by atoms with Crippen molar-refractivity contribution in [2.45, 2.75) is 10.9 Å². The molecule has 0 N–H and O–H groups in total. The van der Waals surface area contributed by atoms with Crippen molar-refractivity contribution in [3.05, 3.63) is 42.7 Å². The third-order valence-electron chi connectivity index (χ3n) is 3.91. The van der Waals surface area contributed by atoms with Gasteiger partial charge in [0.25, 0.3) is 0 Å². The second-order valence-corrected chi connectivity index (χ2v) is 7.51. The molecule has 0 unspecified atom stereocenters. The van der Waals surface area contributed by atoms with E-state index in [0.717, 1.165) is 13.1 Å². The molecule has 0 aliphatic carbocycles. The normalized spacial score (nSPS) is 16.4. The summed E-state index contributed by atoms with van der Waals surface area (Å²) in [5.41, 5.74) is 0. The van der Waals surface area contributed by atoms with Gasteiger partial charge in [-0.05, 0) is 24.3 Å². The van der Waals surface area contributed by atoms with Gasteiger partial charge in [0.05, 0.1) is 23.8 Å². The summed E-state index contributed by atoms with van der Waals surface area (Å²) in [4.78, 5) is 2.44. The summed E-state index contributed by atoms with van der Waals surface area (Å²) >= 11 is 0. The Morgan fingerprint density at radius 2 is 2.14 bits per heavy atom. The predicted octanol–water partition coefficient (Wildman–Crippen LogP) is 1.22. The molecule has 118 valence electrons. The zero-order chi connectivity index (χ0) is 15.6. The molecule has 7 heteroatoms. The van der Waals surface area contributed by atoms with Gasteiger partial charge in [-0.15, -0.1) is 0 Å². The summed E-state index contributed by atoms with van der Waals surface area (Å²) in [7, 11) is -1.75. The van der Waals surface area contributed by atoms with Crippen LogP contribution in [0.1, 0.15) is 6.04 Å². The van der Waals surface area contributed by atoms with Crippen LogP contribution in [0.3, 0.4) is 0 Å². The predicted molar refractivity (Wildman–Crippen MR) is 82.8 cm³/mol. The third kappa shape index (κ3) is 3.15. The fourth-order valence-electron chi connectivity index (χ4n) is 2.55. The van der Waals surface area contributed by atoms with Crippen molar-refractivity contribution in [3.63, 3.8) is 0 Å². The fourth-order valence-corrected chi connectivity index (χ4v) is 3.87. The number of aromatic nitrogens is 2. The van der Waals surface area contributed by atoms with Crippen LogP contribution in [0.25, 0.3) is 0 Å². The first-order valence-electron chi connectivity index (χ1n) is 7.17. The van der Waals surface area contributed by atoms with Crippen molar-refractivity contribution >= 4 is 9.84 Å². The van der Waals surface area contributed by atoms with Crippen LogP contribution in [0.5, 0.6) is 5.75 Å². The SMILES string of the molecule is COc1cccc(S(=O)(=O)CCN2CC(n3cccn3)C2)c1. The van der Waals surface area contributed by atoms with E-state index in [2.05, 4.69) is 10.00 Å². The lowest BCUT2D eigenvalue weighted by Gasteiger charge is -2.39. The Balaban J connectivity index is 1.55. The Kier molecular flexibility index (Phi) is 4.17. The molecule has 0 amide bonds. The highest BCUT2D eigenvalue weighted by Gasteiger charge is 2.29. The first-order valence-corrected chi connectivity index (χ1v) is 8.82. The quantitative estimate of drug-likeness (QED) is 0.800. The third-order valence-corrected chi connectivity index (χ3v) is 5.61. The number of rotatable bonds is 6. The number of sulfone groups is 1. The molecule has 0 spiro atoms. The fraction of sp³-hybridized carbons (Fsp3) is 0.400. The van der Waals surface area contributed by atoms with E-state index >= 15 is 0 Å². The lowest BCUT2D eigenvalue weighted by molar-refractivity contribution is 0.106. The first-order chi connectivity index (χ1) is 10.6. The van der Waals surface area contributed by atoms with Gasteiger partial charge in [-0.2, -0.15) is 5.10 Å². The molecule has 0 saturated carbocycles. The maximum atomic E-state index is 12.4. The van der Waals surface area contributed by atoms with Gasteiger partial charge >= 0.3 is 0 Å². The molecule has 1 fully saturated rings. The molecule has 1 saturated heterocycles. The highest BCUT2D eigenvalue weighted by Crippen LogP contribution is 2.22. The van der Waals surface area contributed by atoms with Crippen molar-refractivity contribution in [3.8, 4) is 5.75 Å². The standard InChI is InChI=1S/C15H19N3O3S/c1-21-14-4-2-5-15(10-14)22(19,20)9-8-17-11-13(12-17)18-7-3-6-16-18/h2-7,10,13H,8-9,11-12H2,1H3. The van der Waals surface area contributed by atoms with Crippen molar-refractivity contribution < 1.29 is 13.2 Å². The Hall–Kier alpha value is -1.86. The van der Waals surface area contributed by atoms with Crippen LogP contribution in [-0.4, -0.2) is 55.6 Å². The molecule has 0 atom stereocenters. The van der Waals surface area contributed by atoms with Crippen molar-refractivity contribution in [2.24, 2.45) is 0 Å². The number of hydrogen-bond donors (Lipinski definition) is 0.